The number of rotatable bonds is 28. The number of carbonyl (C=O) groups is 8. The highest BCUT2D eigenvalue weighted by molar-refractivity contribution is 6.33. The number of anilines is 2. The molecule has 7 rings (SSSR count). The number of amides is 6. The third-order valence-corrected chi connectivity index (χ3v) is 13.6. The van der Waals surface area contributed by atoms with Gasteiger partial charge in [0.15, 0.2) is 0 Å². The molecule has 0 saturated heterocycles. The van der Waals surface area contributed by atoms with Crippen molar-refractivity contribution < 1.29 is 58.0 Å². The first-order valence-corrected chi connectivity index (χ1v) is 27.9. The van der Waals surface area contributed by atoms with Gasteiger partial charge in [0, 0.05) is 50.4 Å². The first kappa shape index (κ1) is 61.9. The molecule has 0 radical (unpaired) electrons. The van der Waals surface area contributed by atoms with E-state index in [9.17, 15) is 48.6 Å². The van der Waals surface area contributed by atoms with Crippen molar-refractivity contribution in [1.82, 2.24) is 31.9 Å². The number of hydrogen-bond acceptors (Lipinski definition) is 14. The highest BCUT2D eigenvalue weighted by Gasteiger charge is 2.38. The van der Waals surface area contributed by atoms with Gasteiger partial charge in [-0.3, -0.25) is 28.8 Å². The van der Waals surface area contributed by atoms with Crippen molar-refractivity contribution in [2.75, 3.05) is 36.8 Å². The highest BCUT2D eigenvalue weighted by atomic mass is 16.6. The van der Waals surface area contributed by atoms with Crippen LogP contribution in [0.25, 0.3) is 0 Å². The van der Waals surface area contributed by atoms with Crippen LogP contribution in [0.5, 0.6) is 11.5 Å². The number of ketones is 2. The number of ether oxygens (including phenoxy) is 2. The van der Waals surface area contributed by atoms with E-state index < -0.39 is 94.2 Å². The lowest BCUT2D eigenvalue weighted by molar-refractivity contribution is -0.130. The zero-order valence-corrected chi connectivity index (χ0v) is 47.4. The summed E-state index contributed by atoms with van der Waals surface area (Å²) in [5.41, 5.74) is 2.34. The van der Waals surface area contributed by atoms with Crippen molar-refractivity contribution in [3.8, 4) is 11.5 Å². The molecule has 440 valence electrons. The smallest absolute Gasteiger partial charge is 0.408 e. The van der Waals surface area contributed by atoms with Gasteiger partial charge >= 0.3 is 12.2 Å². The monoisotopic (exact) mass is 1140 g/mol. The van der Waals surface area contributed by atoms with E-state index in [0.717, 1.165) is 34.4 Å². The highest BCUT2D eigenvalue weighted by Crippen LogP contribution is 2.42. The molecular weight excluding hydrogens is 1070 g/mol. The Kier molecular flexibility index (Phi) is 22.4. The lowest BCUT2D eigenvalue weighted by Crippen LogP contribution is -2.55. The van der Waals surface area contributed by atoms with Crippen LogP contribution in [0, 0.1) is 11.8 Å². The van der Waals surface area contributed by atoms with Crippen molar-refractivity contribution in [3.05, 3.63) is 190 Å². The minimum absolute atomic E-state index is 0.0145. The number of nitrogens with one attached hydrogen (secondary N) is 8. The van der Waals surface area contributed by atoms with Crippen molar-refractivity contribution in [3.63, 3.8) is 0 Å². The Hall–Kier alpha value is -9.72. The molecule has 6 aromatic rings. The Labute approximate surface area is 487 Å². The molecule has 6 aromatic carbocycles. The maximum Gasteiger partial charge on any atom is 0.408 e. The van der Waals surface area contributed by atoms with Crippen LogP contribution in [-0.4, -0.2) is 108 Å². The molecule has 0 aliphatic heterocycles. The molecule has 0 spiro atoms. The molecular formula is C64H72N8O12. The minimum atomic E-state index is -1.10. The van der Waals surface area contributed by atoms with Crippen molar-refractivity contribution >= 4 is 58.8 Å². The Morgan fingerprint density at radius 2 is 0.726 bits per heavy atom. The fourth-order valence-corrected chi connectivity index (χ4v) is 9.55. The van der Waals surface area contributed by atoms with Crippen molar-refractivity contribution in [1.29, 1.82) is 0 Å². The van der Waals surface area contributed by atoms with E-state index in [0.29, 0.717) is 0 Å². The lowest BCUT2D eigenvalue weighted by atomic mass is 9.81. The van der Waals surface area contributed by atoms with E-state index in [1.165, 1.54) is 12.1 Å². The second-order valence-electron chi connectivity index (χ2n) is 21.1. The topological polar surface area (TPSA) is 292 Å². The fourth-order valence-electron chi connectivity index (χ4n) is 9.55. The van der Waals surface area contributed by atoms with Crippen molar-refractivity contribution in [2.24, 2.45) is 11.8 Å². The summed E-state index contributed by atoms with van der Waals surface area (Å²) in [5.74, 6) is -4.91. The summed E-state index contributed by atoms with van der Waals surface area (Å²) in [6, 6.07) is 37.4. The largest absolute Gasteiger partial charge is 0.507 e. The molecule has 1 aliphatic rings. The molecule has 0 bridgehead atoms. The maximum atomic E-state index is 14.4. The number of benzene rings is 6. The molecule has 1 aliphatic carbocycles. The van der Waals surface area contributed by atoms with Crippen LogP contribution in [0.4, 0.5) is 21.0 Å². The Morgan fingerprint density at radius 3 is 1.06 bits per heavy atom. The predicted molar refractivity (Wildman–Crippen MR) is 316 cm³/mol. The Bertz CT molecular complexity index is 3040. The van der Waals surface area contributed by atoms with Gasteiger partial charge in [0.2, 0.25) is 35.2 Å². The fraction of sp³-hybridized carbons (Fsp3) is 0.312. The summed E-state index contributed by atoms with van der Waals surface area (Å²) in [6.45, 7) is 7.52. The Balaban J connectivity index is 0.999. The summed E-state index contributed by atoms with van der Waals surface area (Å²) < 4.78 is 10.8. The van der Waals surface area contributed by atoms with E-state index >= 15 is 0 Å². The minimum Gasteiger partial charge on any atom is -0.507 e. The SMILES string of the molecule is CC(C)C[C@H](NC(=O)[C@H](Cc1ccccc1)NC(=O)OCc1ccccc1)C(=O)NCCNc1ccc(NCCNC(=O)[C@H](CC(C)C)NC(=O)[C@H](Cc2ccccc2)NC(=O)OCc2ccccc2)c2c1C(=O)c1c(O)ccc(O)c1C2=O. The summed E-state index contributed by atoms with van der Waals surface area (Å²) in [7, 11) is 0. The molecule has 0 saturated carbocycles. The van der Waals surface area contributed by atoms with Crippen LogP contribution in [0.1, 0.15) is 94.6 Å². The lowest BCUT2D eigenvalue weighted by Gasteiger charge is -2.26. The van der Waals surface area contributed by atoms with Gasteiger partial charge in [-0.2, -0.15) is 0 Å². The zero-order chi connectivity index (χ0) is 60.1. The average Bonchev–Trinajstić information content (AvgIpc) is 1.07. The summed E-state index contributed by atoms with van der Waals surface area (Å²) in [4.78, 5) is 110. The van der Waals surface area contributed by atoms with Gasteiger partial charge in [-0.15, -0.1) is 0 Å². The predicted octanol–water partition coefficient (Wildman–Crippen LogP) is 7.07. The molecule has 0 unspecified atom stereocenters. The molecule has 20 heteroatoms. The van der Waals surface area contributed by atoms with Gasteiger partial charge in [0.05, 0.1) is 22.3 Å². The first-order valence-electron chi connectivity index (χ1n) is 27.9. The number of carbonyl (C=O) groups excluding carboxylic acids is 8. The van der Waals surface area contributed by atoms with Crippen LogP contribution in [0.15, 0.2) is 146 Å². The van der Waals surface area contributed by atoms with Gasteiger partial charge < -0.3 is 62.2 Å². The van der Waals surface area contributed by atoms with Crippen LogP contribution in [0.3, 0.4) is 0 Å². The van der Waals surface area contributed by atoms with Gasteiger partial charge in [-0.05, 0) is 71.2 Å². The van der Waals surface area contributed by atoms with Crippen LogP contribution >= 0.6 is 0 Å². The molecule has 0 heterocycles. The molecule has 20 nitrogen and oxygen atoms in total. The maximum absolute atomic E-state index is 14.4. The van der Waals surface area contributed by atoms with Crippen molar-refractivity contribution in [2.45, 2.75) is 90.8 Å². The second kappa shape index (κ2) is 30.4. The summed E-state index contributed by atoms with van der Waals surface area (Å²) in [5, 5.41) is 44.7. The quantitative estimate of drug-likeness (QED) is 0.0174. The van der Waals surface area contributed by atoms with Crippen LogP contribution in [0.2, 0.25) is 0 Å². The molecule has 84 heavy (non-hydrogen) atoms. The number of hydrogen-bond donors (Lipinski definition) is 10. The van der Waals surface area contributed by atoms with Gasteiger partial charge in [0.1, 0.15) is 48.9 Å². The third-order valence-electron chi connectivity index (χ3n) is 13.6. The Morgan fingerprint density at radius 1 is 0.393 bits per heavy atom. The molecule has 6 amide bonds. The molecule has 0 aromatic heterocycles. The van der Waals surface area contributed by atoms with E-state index in [2.05, 4.69) is 42.5 Å². The average molecular weight is 1150 g/mol. The van der Waals surface area contributed by atoms with Gasteiger partial charge in [-0.1, -0.05) is 149 Å². The number of fused-ring (bicyclic) bond motifs is 2. The van der Waals surface area contributed by atoms with E-state index in [1.54, 1.807) is 24.3 Å². The third kappa shape index (κ3) is 17.6. The first-order chi connectivity index (χ1) is 40.4. The molecule has 10 N–H and O–H groups in total. The van der Waals surface area contributed by atoms with E-state index in [-0.39, 0.29) is 99.4 Å². The number of phenolic OH excluding ortho intramolecular Hbond substituents is 2. The molecule has 0 fully saturated rings. The van der Waals surface area contributed by atoms with Crippen LogP contribution < -0.4 is 42.5 Å². The number of aromatic hydroxyl groups is 2. The summed E-state index contributed by atoms with van der Waals surface area (Å²) in [6.07, 6.45) is -0.910. The van der Waals surface area contributed by atoms with E-state index in [4.69, 9.17) is 9.47 Å². The van der Waals surface area contributed by atoms with Crippen LogP contribution in [-0.2, 0) is 54.7 Å². The normalized spacial score (nSPS) is 13.0. The second-order valence-corrected chi connectivity index (χ2v) is 21.1. The van der Waals surface area contributed by atoms with Gasteiger partial charge in [0.25, 0.3) is 0 Å². The van der Waals surface area contributed by atoms with Gasteiger partial charge in [-0.25, -0.2) is 9.59 Å². The molecule has 4 atom stereocenters. The zero-order valence-electron chi connectivity index (χ0n) is 47.4. The number of alkyl carbamates (subject to hydrolysis) is 2. The van der Waals surface area contributed by atoms with E-state index in [1.807, 2.05) is 125 Å². The number of phenols is 2. The standard InChI is InChI=1S/C64H72N8O12/c1-39(2)33-47(69-61(79)49(35-41-17-9-5-10-18-41)71-63(81)83-37-43-21-13-7-14-22-43)59(77)67-31-29-65-45-25-26-46(54-53(45)57(75)55-51(73)27-28-52(74)56(55)58(54)76)66-30-32-68-60(78)48(34-40(3)4)70-62(80)50(36-42-19-11-6-12-20-42)72-64(82)84-38-44-23-15-8-16-24-44/h5-28,39-40,47-50,65-66,73-74H,29-38H2,1-4H3,(H,67,77)(H,68,78)(H,69,79)(H,70,80)(H,71,81)(H,72,82)/t47-,48-,49-,50-/m0/s1. The summed E-state index contributed by atoms with van der Waals surface area (Å²) >= 11 is 0.